The number of halogens is 3. The number of fused-ring (bicyclic) bond motifs is 1. The fraction of sp³-hybridized carbons (Fsp3) is 0.167. The van der Waals surface area contributed by atoms with E-state index in [0.717, 1.165) is 24.3 Å². The van der Waals surface area contributed by atoms with E-state index in [0.29, 0.717) is 16.7 Å². The van der Waals surface area contributed by atoms with Gasteiger partial charge in [0.25, 0.3) is 11.5 Å². The van der Waals surface area contributed by atoms with Crippen LogP contribution in [0.15, 0.2) is 41.3 Å². The lowest BCUT2D eigenvalue weighted by molar-refractivity contribution is -0.137. The monoisotopic (exact) mass is 417 g/mol. The van der Waals surface area contributed by atoms with Gasteiger partial charge in [-0.05, 0) is 31.2 Å². The molecule has 3 heterocycles. The lowest BCUT2D eigenvalue weighted by Crippen LogP contribution is -2.19. The van der Waals surface area contributed by atoms with Crippen molar-refractivity contribution in [3.63, 3.8) is 0 Å². The highest BCUT2D eigenvalue weighted by Crippen LogP contribution is 2.29. The molecule has 1 aromatic carbocycles. The van der Waals surface area contributed by atoms with E-state index < -0.39 is 23.2 Å². The van der Waals surface area contributed by atoms with Crippen molar-refractivity contribution in [2.24, 2.45) is 7.05 Å². The van der Waals surface area contributed by atoms with Crippen LogP contribution >= 0.6 is 0 Å². The normalized spacial score (nSPS) is 11.8. The predicted molar refractivity (Wildman–Crippen MR) is 100 cm³/mol. The van der Waals surface area contributed by atoms with Crippen LogP contribution in [0.25, 0.3) is 17.0 Å². The summed E-state index contributed by atoms with van der Waals surface area (Å²) in [5.41, 5.74) is -0.424. The summed E-state index contributed by atoms with van der Waals surface area (Å²) in [6.45, 7) is 1.67. The van der Waals surface area contributed by atoms with Gasteiger partial charge in [-0.25, -0.2) is 0 Å². The Morgan fingerprint density at radius 1 is 1.20 bits per heavy atom. The van der Waals surface area contributed by atoms with Gasteiger partial charge in [-0.3, -0.25) is 19.3 Å². The van der Waals surface area contributed by atoms with E-state index in [4.69, 9.17) is 0 Å². The van der Waals surface area contributed by atoms with E-state index in [9.17, 15) is 22.8 Å². The number of benzene rings is 1. The number of alkyl halides is 3. The number of hydrogen-bond donors (Lipinski definition) is 2. The van der Waals surface area contributed by atoms with Gasteiger partial charge in [-0.1, -0.05) is 0 Å². The largest absolute Gasteiger partial charge is 0.416 e. The van der Waals surface area contributed by atoms with Crippen molar-refractivity contribution in [1.29, 1.82) is 0 Å². The standard InChI is InChI=1S/C18H14F3N7O2/c1-9-7-13(23-15(29)10-3-5-11(6-4-10)18(19,20)21)28(26-9)17-24-14-12(16(30)25-17)8-22-27(14)2/h3-8H,1-2H3,(H,23,29)(H,24,25,30). The molecule has 4 rings (SSSR count). The third kappa shape index (κ3) is 3.43. The molecular formula is C18H14F3N7O2. The van der Waals surface area contributed by atoms with Gasteiger partial charge in [-0.2, -0.15) is 33.0 Å². The molecule has 4 aromatic rings. The highest BCUT2D eigenvalue weighted by Gasteiger charge is 2.30. The Balaban J connectivity index is 1.68. The van der Waals surface area contributed by atoms with Crippen molar-refractivity contribution >= 4 is 22.8 Å². The molecule has 0 aliphatic carbocycles. The summed E-state index contributed by atoms with van der Waals surface area (Å²) in [5, 5.41) is 11.1. The van der Waals surface area contributed by atoms with E-state index in [-0.39, 0.29) is 17.3 Å². The number of H-pyrrole nitrogens is 1. The molecule has 1 amide bonds. The first kappa shape index (κ1) is 19.4. The van der Waals surface area contributed by atoms with E-state index in [2.05, 4.69) is 25.5 Å². The van der Waals surface area contributed by atoms with Crippen molar-refractivity contribution in [3.05, 3.63) is 63.7 Å². The lowest BCUT2D eigenvalue weighted by atomic mass is 10.1. The molecule has 0 saturated heterocycles. The summed E-state index contributed by atoms with van der Waals surface area (Å²) in [5.74, 6) is -0.414. The smallest absolute Gasteiger partial charge is 0.306 e. The average Bonchev–Trinajstić information content (AvgIpc) is 3.24. The summed E-state index contributed by atoms with van der Waals surface area (Å²) in [6, 6.07) is 5.34. The van der Waals surface area contributed by atoms with Gasteiger partial charge >= 0.3 is 6.18 Å². The maximum Gasteiger partial charge on any atom is 0.416 e. The molecule has 3 aromatic heterocycles. The zero-order chi connectivity index (χ0) is 21.6. The molecule has 0 fully saturated rings. The van der Waals surface area contributed by atoms with Crippen molar-refractivity contribution in [2.45, 2.75) is 13.1 Å². The molecule has 12 heteroatoms. The number of aromatic nitrogens is 6. The van der Waals surface area contributed by atoms with Gasteiger partial charge < -0.3 is 5.32 Å². The van der Waals surface area contributed by atoms with Crippen LogP contribution in [0, 0.1) is 6.92 Å². The Hall–Kier alpha value is -3.96. The van der Waals surface area contributed by atoms with Crippen LogP contribution in [0.2, 0.25) is 0 Å². The number of rotatable bonds is 3. The van der Waals surface area contributed by atoms with Crippen molar-refractivity contribution in [2.75, 3.05) is 5.32 Å². The molecule has 0 radical (unpaired) electrons. The molecule has 0 aliphatic rings. The van der Waals surface area contributed by atoms with Crippen LogP contribution < -0.4 is 10.9 Å². The molecule has 0 atom stereocenters. The van der Waals surface area contributed by atoms with Crippen LogP contribution in [0.3, 0.4) is 0 Å². The predicted octanol–water partition coefficient (Wildman–Crippen LogP) is 2.42. The maximum absolute atomic E-state index is 12.7. The number of nitrogens with one attached hydrogen (secondary N) is 2. The number of amides is 1. The maximum atomic E-state index is 12.7. The SMILES string of the molecule is Cc1cc(NC(=O)c2ccc(C(F)(F)F)cc2)n(-c2nc3c(cnn3C)c(=O)[nH]2)n1. The van der Waals surface area contributed by atoms with E-state index >= 15 is 0 Å². The number of hydrogen-bond acceptors (Lipinski definition) is 5. The molecule has 154 valence electrons. The minimum Gasteiger partial charge on any atom is -0.306 e. The Bertz CT molecular complexity index is 1320. The van der Waals surface area contributed by atoms with Gasteiger partial charge in [0.15, 0.2) is 5.65 Å². The van der Waals surface area contributed by atoms with E-state index in [1.807, 2.05) is 0 Å². The Morgan fingerprint density at radius 3 is 2.57 bits per heavy atom. The second kappa shape index (κ2) is 6.83. The summed E-state index contributed by atoms with van der Waals surface area (Å²) in [6.07, 6.45) is -3.11. The number of anilines is 1. The van der Waals surface area contributed by atoms with Crippen molar-refractivity contribution in [3.8, 4) is 5.95 Å². The molecule has 0 unspecified atom stereocenters. The third-order valence-electron chi connectivity index (χ3n) is 4.34. The first-order valence-electron chi connectivity index (χ1n) is 8.61. The van der Waals surface area contributed by atoms with Gasteiger partial charge in [0.2, 0.25) is 5.95 Å². The third-order valence-corrected chi connectivity index (χ3v) is 4.34. The minimum atomic E-state index is -4.49. The summed E-state index contributed by atoms with van der Waals surface area (Å²) >= 11 is 0. The van der Waals surface area contributed by atoms with E-state index in [1.54, 1.807) is 14.0 Å². The second-order valence-electron chi connectivity index (χ2n) is 6.51. The number of aryl methyl sites for hydroxylation is 2. The van der Waals surface area contributed by atoms with Crippen molar-refractivity contribution < 1.29 is 18.0 Å². The van der Waals surface area contributed by atoms with Crippen LogP contribution in [-0.4, -0.2) is 35.4 Å². The van der Waals surface area contributed by atoms with Crippen molar-refractivity contribution in [1.82, 2.24) is 29.5 Å². The first-order chi connectivity index (χ1) is 14.1. The minimum absolute atomic E-state index is 0.0249. The number of carbonyl (C=O) groups excluding carboxylic acids is 1. The lowest BCUT2D eigenvalue weighted by Gasteiger charge is -2.10. The molecule has 30 heavy (non-hydrogen) atoms. The fourth-order valence-corrected chi connectivity index (χ4v) is 2.87. The molecule has 2 N–H and O–H groups in total. The summed E-state index contributed by atoms with van der Waals surface area (Å²) in [4.78, 5) is 31.7. The Kier molecular flexibility index (Phi) is 4.41. The summed E-state index contributed by atoms with van der Waals surface area (Å²) < 4.78 is 40.8. The zero-order valence-electron chi connectivity index (χ0n) is 15.7. The molecule has 0 spiro atoms. The first-order valence-corrected chi connectivity index (χ1v) is 8.61. The topological polar surface area (TPSA) is 110 Å². The Labute approximate surface area is 166 Å². The van der Waals surface area contributed by atoms with Crippen LogP contribution in [0.5, 0.6) is 0 Å². The molecule has 9 nitrogen and oxygen atoms in total. The van der Waals surface area contributed by atoms with Gasteiger partial charge in [0.05, 0.1) is 17.5 Å². The summed E-state index contributed by atoms with van der Waals surface area (Å²) in [7, 11) is 1.63. The number of carbonyl (C=O) groups is 1. The molecule has 0 aliphatic heterocycles. The van der Waals surface area contributed by atoms with Crippen LogP contribution in [0.4, 0.5) is 19.0 Å². The Morgan fingerprint density at radius 2 is 1.90 bits per heavy atom. The second-order valence-corrected chi connectivity index (χ2v) is 6.51. The van der Waals surface area contributed by atoms with Crippen LogP contribution in [-0.2, 0) is 13.2 Å². The van der Waals surface area contributed by atoms with Gasteiger partial charge in [-0.15, -0.1) is 0 Å². The van der Waals surface area contributed by atoms with Gasteiger partial charge in [0, 0.05) is 18.7 Å². The number of aromatic amines is 1. The van der Waals surface area contributed by atoms with E-state index in [1.165, 1.54) is 21.6 Å². The highest BCUT2D eigenvalue weighted by molar-refractivity contribution is 6.04. The molecular weight excluding hydrogens is 403 g/mol. The number of nitrogens with zero attached hydrogens (tertiary/aromatic N) is 5. The van der Waals surface area contributed by atoms with Gasteiger partial charge in [0.1, 0.15) is 11.2 Å². The molecule has 0 bridgehead atoms. The van der Waals surface area contributed by atoms with Crippen LogP contribution in [0.1, 0.15) is 21.6 Å². The quantitative estimate of drug-likeness (QED) is 0.532. The zero-order valence-corrected chi connectivity index (χ0v) is 15.7. The fourth-order valence-electron chi connectivity index (χ4n) is 2.87. The molecule has 0 saturated carbocycles. The average molecular weight is 417 g/mol. The highest BCUT2D eigenvalue weighted by atomic mass is 19.4.